The minimum Gasteiger partial charge on any atom is -0.496 e. The molecule has 110 valence electrons. The molecule has 21 heavy (non-hydrogen) atoms. The number of rotatable bonds is 6. The molecule has 0 aromatic heterocycles. The van der Waals surface area contributed by atoms with E-state index in [9.17, 15) is 4.79 Å². The second kappa shape index (κ2) is 7.32. The zero-order valence-electron chi connectivity index (χ0n) is 12.7. The smallest absolute Gasteiger partial charge is 0.150 e. The SMILES string of the molecule is COc1ccc(C=O)cc1CSCc1cc(C)cc(C)c1. The first kappa shape index (κ1) is 15.6. The van der Waals surface area contributed by atoms with Gasteiger partial charge in [0.1, 0.15) is 12.0 Å². The third kappa shape index (κ3) is 4.36. The van der Waals surface area contributed by atoms with Gasteiger partial charge in [-0.2, -0.15) is 11.8 Å². The van der Waals surface area contributed by atoms with Gasteiger partial charge in [-0.25, -0.2) is 0 Å². The molecule has 0 radical (unpaired) electrons. The fourth-order valence-corrected chi connectivity index (χ4v) is 3.37. The van der Waals surface area contributed by atoms with E-state index in [1.165, 1.54) is 16.7 Å². The summed E-state index contributed by atoms with van der Waals surface area (Å²) in [6.45, 7) is 4.25. The van der Waals surface area contributed by atoms with E-state index in [-0.39, 0.29) is 0 Å². The van der Waals surface area contributed by atoms with Crippen LogP contribution in [0.5, 0.6) is 5.75 Å². The number of hydrogen-bond donors (Lipinski definition) is 0. The molecular weight excluding hydrogens is 280 g/mol. The van der Waals surface area contributed by atoms with Crippen molar-refractivity contribution in [3.05, 3.63) is 64.2 Å². The molecule has 0 spiro atoms. The van der Waals surface area contributed by atoms with Crippen molar-refractivity contribution in [2.45, 2.75) is 25.4 Å². The molecule has 0 amide bonds. The summed E-state index contributed by atoms with van der Waals surface area (Å²) in [4.78, 5) is 10.9. The van der Waals surface area contributed by atoms with E-state index in [0.717, 1.165) is 29.1 Å². The first-order chi connectivity index (χ1) is 10.1. The highest BCUT2D eigenvalue weighted by Gasteiger charge is 2.05. The van der Waals surface area contributed by atoms with Crippen LogP contribution in [0.25, 0.3) is 0 Å². The molecule has 0 heterocycles. The monoisotopic (exact) mass is 300 g/mol. The van der Waals surface area contributed by atoms with Crippen molar-refractivity contribution in [3.8, 4) is 5.75 Å². The maximum absolute atomic E-state index is 10.9. The lowest BCUT2D eigenvalue weighted by Gasteiger charge is -2.09. The second-order valence-corrected chi connectivity index (χ2v) is 6.16. The summed E-state index contributed by atoms with van der Waals surface area (Å²) in [6.07, 6.45) is 0.873. The molecule has 0 unspecified atom stereocenters. The number of aldehydes is 1. The highest BCUT2D eigenvalue weighted by Crippen LogP contribution is 2.26. The molecule has 0 fully saturated rings. The fraction of sp³-hybridized carbons (Fsp3) is 0.278. The van der Waals surface area contributed by atoms with Crippen LogP contribution in [0.3, 0.4) is 0 Å². The molecule has 3 heteroatoms. The van der Waals surface area contributed by atoms with E-state index in [1.54, 1.807) is 13.2 Å². The van der Waals surface area contributed by atoms with Crippen LogP contribution in [0, 0.1) is 13.8 Å². The van der Waals surface area contributed by atoms with Gasteiger partial charge in [-0.1, -0.05) is 29.3 Å². The van der Waals surface area contributed by atoms with Crippen LogP contribution < -0.4 is 4.74 Å². The van der Waals surface area contributed by atoms with E-state index in [4.69, 9.17) is 4.74 Å². The zero-order chi connectivity index (χ0) is 15.2. The Labute approximate surface area is 130 Å². The van der Waals surface area contributed by atoms with E-state index >= 15 is 0 Å². The Hall–Kier alpha value is -1.74. The molecule has 2 aromatic carbocycles. The first-order valence-electron chi connectivity index (χ1n) is 6.89. The molecule has 0 bridgehead atoms. The van der Waals surface area contributed by atoms with Gasteiger partial charge in [0.25, 0.3) is 0 Å². The maximum atomic E-state index is 10.9. The lowest BCUT2D eigenvalue weighted by molar-refractivity contribution is 0.112. The van der Waals surface area contributed by atoms with Crippen LogP contribution in [0.15, 0.2) is 36.4 Å². The number of carbonyl (C=O) groups excluding carboxylic acids is 1. The Morgan fingerprint density at radius 2 is 1.76 bits per heavy atom. The summed E-state index contributed by atoms with van der Waals surface area (Å²) in [5.74, 6) is 2.63. The minimum absolute atomic E-state index is 0.692. The number of hydrogen-bond acceptors (Lipinski definition) is 3. The van der Waals surface area contributed by atoms with Crippen LogP contribution in [0.2, 0.25) is 0 Å². The van der Waals surface area contributed by atoms with Gasteiger partial charge in [0.15, 0.2) is 0 Å². The van der Waals surface area contributed by atoms with Crippen LogP contribution >= 0.6 is 11.8 Å². The summed E-state index contributed by atoms with van der Waals surface area (Å²) < 4.78 is 5.36. The van der Waals surface area contributed by atoms with Gasteiger partial charge in [-0.05, 0) is 37.6 Å². The van der Waals surface area contributed by atoms with Crippen LogP contribution in [0.4, 0.5) is 0 Å². The quantitative estimate of drug-likeness (QED) is 0.732. The predicted octanol–water partition coefficient (Wildman–Crippen LogP) is 4.56. The van der Waals surface area contributed by atoms with Crippen molar-refractivity contribution in [2.75, 3.05) is 7.11 Å². The molecule has 0 aliphatic heterocycles. The highest BCUT2D eigenvalue weighted by molar-refractivity contribution is 7.97. The van der Waals surface area contributed by atoms with Crippen molar-refractivity contribution in [2.24, 2.45) is 0 Å². The van der Waals surface area contributed by atoms with Gasteiger partial charge in [-0.3, -0.25) is 4.79 Å². The molecule has 0 aliphatic carbocycles. The third-order valence-electron chi connectivity index (χ3n) is 3.25. The van der Waals surface area contributed by atoms with Crippen molar-refractivity contribution < 1.29 is 9.53 Å². The molecular formula is C18H20O2S. The largest absolute Gasteiger partial charge is 0.496 e. The van der Waals surface area contributed by atoms with E-state index in [2.05, 4.69) is 32.0 Å². The topological polar surface area (TPSA) is 26.3 Å². The average molecular weight is 300 g/mol. The minimum atomic E-state index is 0.692. The lowest BCUT2D eigenvalue weighted by atomic mass is 10.1. The predicted molar refractivity (Wildman–Crippen MR) is 89.3 cm³/mol. The fourth-order valence-electron chi connectivity index (χ4n) is 2.42. The standard InChI is InChI=1S/C18H20O2S/c1-13-6-14(2)8-16(7-13)11-21-12-17-9-15(10-19)4-5-18(17)20-3/h4-10H,11-12H2,1-3H3. The number of methoxy groups -OCH3 is 1. The van der Waals surface area contributed by atoms with Gasteiger partial charge in [0, 0.05) is 22.6 Å². The van der Waals surface area contributed by atoms with Gasteiger partial charge < -0.3 is 4.74 Å². The first-order valence-corrected chi connectivity index (χ1v) is 8.05. The van der Waals surface area contributed by atoms with Crippen LogP contribution in [-0.4, -0.2) is 13.4 Å². The van der Waals surface area contributed by atoms with Crippen molar-refractivity contribution >= 4 is 18.0 Å². The Morgan fingerprint density at radius 3 is 2.38 bits per heavy atom. The Balaban J connectivity index is 2.04. The molecule has 0 aliphatic rings. The summed E-state index contributed by atoms with van der Waals surface area (Å²) >= 11 is 1.83. The maximum Gasteiger partial charge on any atom is 0.150 e. The number of ether oxygens (including phenoxy) is 1. The molecule has 2 rings (SSSR count). The number of benzene rings is 2. The molecule has 0 saturated carbocycles. The molecule has 2 aromatic rings. The van der Waals surface area contributed by atoms with Crippen molar-refractivity contribution in [1.82, 2.24) is 0 Å². The van der Waals surface area contributed by atoms with E-state index < -0.39 is 0 Å². The number of aryl methyl sites for hydroxylation is 2. The third-order valence-corrected chi connectivity index (χ3v) is 4.30. The summed E-state index contributed by atoms with van der Waals surface area (Å²) in [7, 11) is 1.66. The summed E-state index contributed by atoms with van der Waals surface area (Å²) in [5, 5.41) is 0. The Morgan fingerprint density at radius 1 is 1.05 bits per heavy atom. The number of thioether (sulfide) groups is 1. The number of carbonyl (C=O) groups is 1. The normalized spacial score (nSPS) is 10.4. The van der Waals surface area contributed by atoms with Crippen LogP contribution in [0.1, 0.15) is 32.6 Å². The molecule has 0 N–H and O–H groups in total. The molecule has 0 atom stereocenters. The van der Waals surface area contributed by atoms with Crippen molar-refractivity contribution in [1.29, 1.82) is 0 Å². The highest BCUT2D eigenvalue weighted by atomic mass is 32.2. The van der Waals surface area contributed by atoms with Gasteiger partial charge in [0.2, 0.25) is 0 Å². The molecule has 0 saturated heterocycles. The van der Waals surface area contributed by atoms with E-state index in [1.807, 2.05) is 23.9 Å². The second-order valence-electron chi connectivity index (χ2n) is 5.18. The molecule has 2 nitrogen and oxygen atoms in total. The Bertz CT molecular complexity index is 615. The van der Waals surface area contributed by atoms with Gasteiger partial charge >= 0.3 is 0 Å². The van der Waals surface area contributed by atoms with Crippen molar-refractivity contribution in [3.63, 3.8) is 0 Å². The zero-order valence-corrected chi connectivity index (χ0v) is 13.5. The average Bonchev–Trinajstić information content (AvgIpc) is 2.46. The van der Waals surface area contributed by atoms with Gasteiger partial charge in [0.05, 0.1) is 7.11 Å². The van der Waals surface area contributed by atoms with Gasteiger partial charge in [-0.15, -0.1) is 0 Å². The van der Waals surface area contributed by atoms with Crippen LogP contribution in [-0.2, 0) is 11.5 Å². The van der Waals surface area contributed by atoms with E-state index in [0.29, 0.717) is 5.56 Å². The summed E-state index contributed by atoms with van der Waals surface area (Å²) in [5.41, 5.74) is 5.69. The lowest BCUT2D eigenvalue weighted by Crippen LogP contribution is -1.93. The summed E-state index contributed by atoms with van der Waals surface area (Å²) in [6, 6.07) is 12.2. The Kier molecular flexibility index (Phi) is 5.45.